The van der Waals surface area contributed by atoms with Gasteiger partial charge in [-0.3, -0.25) is 0 Å². The first-order chi connectivity index (χ1) is 9.69. The zero-order valence-electron chi connectivity index (χ0n) is 11.0. The molecule has 0 bridgehead atoms. The van der Waals surface area contributed by atoms with Gasteiger partial charge in [0.1, 0.15) is 12.4 Å². The van der Waals surface area contributed by atoms with Crippen molar-refractivity contribution in [2.75, 3.05) is 25.6 Å². The van der Waals surface area contributed by atoms with Crippen molar-refractivity contribution in [1.29, 1.82) is 0 Å². The van der Waals surface area contributed by atoms with Crippen molar-refractivity contribution < 1.29 is 13.9 Å². The number of anilines is 1. The lowest BCUT2D eigenvalue weighted by molar-refractivity contribution is 0.333. The number of ether oxygens (including phenoxy) is 2. The maximum atomic E-state index is 13.5. The van der Waals surface area contributed by atoms with Gasteiger partial charge in [-0.05, 0) is 36.4 Å². The molecule has 0 atom stereocenters. The molecule has 0 heterocycles. The van der Waals surface area contributed by atoms with Gasteiger partial charge in [-0.15, -0.1) is 0 Å². The molecule has 0 saturated heterocycles. The minimum atomic E-state index is -0.383. The van der Waals surface area contributed by atoms with E-state index in [1.165, 1.54) is 13.2 Å². The van der Waals surface area contributed by atoms with Crippen molar-refractivity contribution in [3.63, 3.8) is 0 Å². The van der Waals surface area contributed by atoms with Crippen molar-refractivity contribution in [2.24, 2.45) is 0 Å². The summed E-state index contributed by atoms with van der Waals surface area (Å²) in [5.74, 6) is 0.656. The average Bonchev–Trinajstić information content (AvgIpc) is 2.46. The first kappa shape index (κ1) is 14.7. The molecule has 0 aliphatic heterocycles. The summed E-state index contributed by atoms with van der Waals surface area (Å²) in [6.07, 6.45) is 0. The fourth-order valence-corrected chi connectivity index (χ4v) is 1.94. The predicted octanol–water partition coefficient (Wildman–Crippen LogP) is 4.09. The maximum absolute atomic E-state index is 13.5. The quantitative estimate of drug-likeness (QED) is 0.804. The predicted molar refractivity (Wildman–Crippen MR) is 81.1 cm³/mol. The highest BCUT2D eigenvalue weighted by Crippen LogP contribution is 2.20. The van der Waals surface area contributed by atoms with Gasteiger partial charge in [0.2, 0.25) is 0 Å². The Morgan fingerprint density at radius 2 is 1.90 bits per heavy atom. The van der Waals surface area contributed by atoms with Gasteiger partial charge >= 0.3 is 0 Å². The van der Waals surface area contributed by atoms with Crippen molar-refractivity contribution in [2.45, 2.75) is 0 Å². The van der Waals surface area contributed by atoms with Gasteiger partial charge in [0.05, 0.1) is 7.11 Å². The smallest absolute Gasteiger partial charge is 0.167 e. The number of rotatable bonds is 6. The highest BCUT2D eigenvalue weighted by molar-refractivity contribution is 9.10. The molecule has 0 aromatic heterocycles. The van der Waals surface area contributed by atoms with Crippen LogP contribution in [0, 0.1) is 5.82 Å². The summed E-state index contributed by atoms with van der Waals surface area (Å²) in [7, 11) is 1.44. The highest BCUT2D eigenvalue weighted by atomic mass is 79.9. The molecule has 0 saturated carbocycles. The van der Waals surface area contributed by atoms with E-state index >= 15 is 0 Å². The minimum Gasteiger partial charge on any atom is -0.494 e. The summed E-state index contributed by atoms with van der Waals surface area (Å²) in [5.41, 5.74) is 0.697. The van der Waals surface area contributed by atoms with Gasteiger partial charge in [0, 0.05) is 22.8 Å². The summed E-state index contributed by atoms with van der Waals surface area (Å²) < 4.78 is 24.9. The molecule has 106 valence electrons. The Bertz CT molecular complexity index is 560. The largest absolute Gasteiger partial charge is 0.494 e. The van der Waals surface area contributed by atoms with Crippen LogP contribution in [0.15, 0.2) is 46.9 Å². The minimum absolute atomic E-state index is 0.238. The lowest BCUT2D eigenvalue weighted by Gasteiger charge is -2.09. The van der Waals surface area contributed by atoms with Gasteiger partial charge in [0.15, 0.2) is 11.6 Å². The van der Waals surface area contributed by atoms with E-state index in [1.807, 2.05) is 24.3 Å². The third-order valence-electron chi connectivity index (χ3n) is 2.67. The number of benzene rings is 2. The third-order valence-corrected chi connectivity index (χ3v) is 3.19. The Labute approximate surface area is 125 Å². The summed E-state index contributed by atoms with van der Waals surface area (Å²) in [5, 5.41) is 3.09. The lowest BCUT2D eigenvalue weighted by Crippen LogP contribution is -2.11. The van der Waals surface area contributed by atoms with Crippen LogP contribution in [0.5, 0.6) is 11.5 Å². The Hall–Kier alpha value is -1.75. The van der Waals surface area contributed by atoms with Crippen LogP contribution in [0.1, 0.15) is 0 Å². The molecular weight excluding hydrogens is 325 g/mol. The van der Waals surface area contributed by atoms with Gasteiger partial charge in [-0.1, -0.05) is 15.9 Å². The van der Waals surface area contributed by atoms with Crippen LogP contribution in [-0.2, 0) is 0 Å². The van der Waals surface area contributed by atoms with Crippen LogP contribution in [0.4, 0.5) is 10.1 Å². The molecule has 0 aliphatic carbocycles. The molecular formula is C15H15BrFNO2. The second kappa shape index (κ2) is 7.14. The van der Waals surface area contributed by atoms with Gasteiger partial charge < -0.3 is 14.8 Å². The summed E-state index contributed by atoms with van der Waals surface area (Å²) in [6, 6.07) is 12.4. The number of hydrogen-bond acceptors (Lipinski definition) is 3. The normalized spacial score (nSPS) is 10.2. The Morgan fingerprint density at radius 3 is 2.55 bits per heavy atom. The van der Waals surface area contributed by atoms with E-state index < -0.39 is 0 Å². The molecule has 5 heteroatoms. The molecule has 0 aliphatic rings. The molecule has 0 unspecified atom stereocenters. The van der Waals surface area contributed by atoms with Crippen LogP contribution < -0.4 is 14.8 Å². The van der Waals surface area contributed by atoms with Gasteiger partial charge in [-0.2, -0.15) is 0 Å². The van der Waals surface area contributed by atoms with E-state index in [1.54, 1.807) is 12.1 Å². The molecule has 2 rings (SSSR count). The number of methoxy groups -OCH3 is 1. The fourth-order valence-electron chi connectivity index (χ4n) is 1.67. The zero-order chi connectivity index (χ0) is 14.4. The van der Waals surface area contributed by atoms with Crippen LogP contribution in [-0.4, -0.2) is 20.3 Å². The second-order valence-electron chi connectivity index (χ2n) is 4.08. The monoisotopic (exact) mass is 339 g/mol. The van der Waals surface area contributed by atoms with E-state index in [2.05, 4.69) is 21.2 Å². The van der Waals surface area contributed by atoms with Crippen molar-refractivity contribution in [3.8, 4) is 11.5 Å². The molecule has 1 N–H and O–H groups in total. The van der Waals surface area contributed by atoms with Crippen LogP contribution in [0.25, 0.3) is 0 Å². The van der Waals surface area contributed by atoms with E-state index in [0.717, 1.165) is 10.2 Å². The molecule has 2 aromatic rings. The summed E-state index contributed by atoms with van der Waals surface area (Å²) in [4.78, 5) is 0. The van der Waals surface area contributed by atoms with E-state index in [4.69, 9.17) is 9.47 Å². The highest BCUT2D eigenvalue weighted by Gasteiger charge is 2.02. The lowest BCUT2D eigenvalue weighted by atomic mass is 10.3. The maximum Gasteiger partial charge on any atom is 0.167 e. The third kappa shape index (κ3) is 4.13. The Balaban J connectivity index is 1.78. The first-order valence-corrected chi connectivity index (χ1v) is 6.94. The van der Waals surface area contributed by atoms with Crippen molar-refractivity contribution in [3.05, 3.63) is 52.8 Å². The molecule has 3 nitrogen and oxygen atoms in total. The second-order valence-corrected chi connectivity index (χ2v) is 4.99. The van der Waals surface area contributed by atoms with E-state index in [-0.39, 0.29) is 11.6 Å². The number of halogens is 2. The molecule has 20 heavy (non-hydrogen) atoms. The topological polar surface area (TPSA) is 30.5 Å². The van der Waals surface area contributed by atoms with E-state index in [9.17, 15) is 4.39 Å². The Kier molecular flexibility index (Phi) is 5.24. The zero-order valence-corrected chi connectivity index (χ0v) is 12.6. The summed E-state index contributed by atoms with van der Waals surface area (Å²) in [6.45, 7) is 1.08. The summed E-state index contributed by atoms with van der Waals surface area (Å²) >= 11 is 3.36. The molecule has 2 aromatic carbocycles. The molecule has 0 fully saturated rings. The SMILES string of the molecule is COc1ccc(NCCOc2ccc(Br)cc2)cc1F. The number of nitrogens with one attached hydrogen (secondary N) is 1. The van der Waals surface area contributed by atoms with Gasteiger partial charge in [-0.25, -0.2) is 4.39 Å². The fraction of sp³-hybridized carbons (Fsp3) is 0.200. The first-order valence-electron chi connectivity index (χ1n) is 6.15. The van der Waals surface area contributed by atoms with Crippen molar-refractivity contribution >= 4 is 21.6 Å². The van der Waals surface area contributed by atoms with Crippen LogP contribution in [0.2, 0.25) is 0 Å². The average molecular weight is 340 g/mol. The van der Waals surface area contributed by atoms with Gasteiger partial charge in [0.25, 0.3) is 0 Å². The Morgan fingerprint density at radius 1 is 1.15 bits per heavy atom. The standard InChI is InChI=1S/C15H15BrFNO2/c1-19-15-7-4-12(10-14(15)17)18-8-9-20-13-5-2-11(16)3-6-13/h2-7,10,18H,8-9H2,1H3. The molecule has 0 amide bonds. The molecule has 0 radical (unpaired) electrons. The van der Waals surface area contributed by atoms with E-state index in [0.29, 0.717) is 18.8 Å². The van der Waals surface area contributed by atoms with Crippen LogP contribution in [0.3, 0.4) is 0 Å². The van der Waals surface area contributed by atoms with Crippen molar-refractivity contribution in [1.82, 2.24) is 0 Å². The molecule has 0 spiro atoms. The van der Waals surface area contributed by atoms with Crippen LogP contribution >= 0.6 is 15.9 Å². The number of hydrogen-bond donors (Lipinski definition) is 1.